The monoisotopic (exact) mass is 246 g/mol. The maximum absolute atomic E-state index is 12.0. The van der Waals surface area contributed by atoms with Crippen molar-refractivity contribution in [2.24, 2.45) is 22.4 Å². The average molecular weight is 246 g/mol. The molecular weight excluding hydrogens is 228 g/mol. The molecule has 1 aromatic heterocycles. The number of carbonyl (C=O) groups is 1. The Morgan fingerprint density at radius 3 is 3.17 bits per heavy atom. The summed E-state index contributed by atoms with van der Waals surface area (Å²) in [5.74, 6) is 1.45. The molecule has 18 heavy (non-hydrogen) atoms. The highest BCUT2D eigenvalue weighted by Gasteiger charge is 2.64. The molecule has 96 valence electrons. The first-order chi connectivity index (χ1) is 8.72. The molecule has 1 amide bonds. The van der Waals surface area contributed by atoms with E-state index in [1.165, 1.54) is 31.9 Å². The van der Waals surface area contributed by atoms with Crippen LogP contribution in [-0.2, 0) is 4.79 Å². The molecule has 0 aromatic carbocycles. The van der Waals surface area contributed by atoms with E-state index in [1.54, 1.807) is 18.4 Å². The number of hydrogen-bond donors (Lipinski definition) is 1. The van der Waals surface area contributed by atoms with Gasteiger partial charge >= 0.3 is 0 Å². The number of hydrazone groups is 1. The summed E-state index contributed by atoms with van der Waals surface area (Å²) in [6.07, 6.45) is 8.01. The highest BCUT2D eigenvalue weighted by molar-refractivity contribution is 5.85. The molecule has 0 saturated heterocycles. The summed E-state index contributed by atoms with van der Waals surface area (Å²) in [6, 6.07) is 3.59. The van der Waals surface area contributed by atoms with Gasteiger partial charge in [0.15, 0.2) is 0 Å². The van der Waals surface area contributed by atoms with Crippen LogP contribution in [0.2, 0.25) is 0 Å². The van der Waals surface area contributed by atoms with Gasteiger partial charge in [-0.3, -0.25) is 4.79 Å². The van der Waals surface area contributed by atoms with Crippen molar-refractivity contribution in [3.8, 4) is 0 Å². The summed E-state index contributed by atoms with van der Waals surface area (Å²) < 4.78 is 5.11. The van der Waals surface area contributed by atoms with Crippen LogP contribution in [0.5, 0.6) is 0 Å². The van der Waals surface area contributed by atoms with Gasteiger partial charge in [0.05, 0.1) is 12.5 Å². The van der Waals surface area contributed by atoms with Crippen LogP contribution in [0.4, 0.5) is 0 Å². The van der Waals surface area contributed by atoms with Crippen LogP contribution in [0, 0.1) is 17.3 Å². The van der Waals surface area contributed by atoms with Crippen LogP contribution >= 0.6 is 0 Å². The zero-order valence-corrected chi connectivity index (χ0v) is 10.6. The lowest BCUT2D eigenvalue weighted by Gasteiger charge is -2.15. The molecule has 0 aliphatic heterocycles. The molecular formula is C14H18N2O2. The van der Waals surface area contributed by atoms with Crippen LogP contribution in [0.3, 0.4) is 0 Å². The van der Waals surface area contributed by atoms with Gasteiger partial charge in [0.2, 0.25) is 5.91 Å². The highest BCUT2D eigenvalue weighted by atomic mass is 16.3. The Labute approximate surface area is 106 Å². The fourth-order valence-corrected chi connectivity index (χ4v) is 3.44. The number of furan rings is 1. The standard InChI is InChI=1S/C14H18N2O2/c1-14-7-3-2-6-11(14)12(14)13(17)16-15-9-10-5-4-8-18-10/h4-5,8-9,11-12H,2-3,6-7H2,1H3,(H,16,17)/b15-9-/t11-,12+,14+/m1/s1. The summed E-state index contributed by atoms with van der Waals surface area (Å²) in [5.41, 5.74) is 2.87. The number of nitrogens with zero attached hydrogens (tertiary/aromatic N) is 1. The van der Waals surface area contributed by atoms with Crippen molar-refractivity contribution in [3.05, 3.63) is 24.2 Å². The smallest absolute Gasteiger partial charge is 0.244 e. The SMILES string of the molecule is C[C@]12CCCC[C@@H]1[C@H]2C(=O)N/N=C\c1ccco1. The molecule has 4 nitrogen and oxygen atoms in total. The quantitative estimate of drug-likeness (QED) is 0.658. The van der Waals surface area contributed by atoms with Gasteiger partial charge in [0, 0.05) is 5.92 Å². The Hall–Kier alpha value is -1.58. The molecule has 1 heterocycles. The van der Waals surface area contributed by atoms with E-state index in [-0.39, 0.29) is 17.2 Å². The first-order valence-electron chi connectivity index (χ1n) is 6.58. The van der Waals surface area contributed by atoms with E-state index in [4.69, 9.17) is 4.42 Å². The van der Waals surface area contributed by atoms with Crippen molar-refractivity contribution in [3.63, 3.8) is 0 Å². The predicted molar refractivity (Wildman–Crippen MR) is 68.0 cm³/mol. The average Bonchev–Trinajstić information content (AvgIpc) is 2.71. The van der Waals surface area contributed by atoms with Gasteiger partial charge in [-0.1, -0.05) is 19.8 Å². The van der Waals surface area contributed by atoms with E-state index in [2.05, 4.69) is 17.5 Å². The highest BCUT2D eigenvalue weighted by Crippen LogP contribution is 2.66. The third kappa shape index (κ3) is 1.85. The number of carbonyl (C=O) groups excluding carboxylic acids is 1. The zero-order chi connectivity index (χ0) is 12.6. The lowest BCUT2D eigenvalue weighted by atomic mass is 9.90. The fraction of sp³-hybridized carbons (Fsp3) is 0.571. The van der Waals surface area contributed by atoms with E-state index < -0.39 is 0 Å². The molecule has 0 unspecified atom stereocenters. The number of fused-ring (bicyclic) bond motifs is 1. The van der Waals surface area contributed by atoms with Crippen molar-refractivity contribution in [2.75, 3.05) is 0 Å². The van der Waals surface area contributed by atoms with Gasteiger partial charge in [0.1, 0.15) is 5.76 Å². The van der Waals surface area contributed by atoms with Gasteiger partial charge in [-0.25, -0.2) is 5.43 Å². The Kier molecular flexibility index (Phi) is 2.73. The number of nitrogens with one attached hydrogen (secondary N) is 1. The Bertz CT molecular complexity index is 466. The lowest BCUT2D eigenvalue weighted by Crippen LogP contribution is -2.22. The van der Waals surface area contributed by atoms with Gasteiger partial charge in [-0.05, 0) is 36.3 Å². The minimum atomic E-state index is 0.0622. The second kappa shape index (κ2) is 4.26. The van der Waals surface area contributed by atoms with E-state index in [0.29, 0.717) is 11.7 Å². The van der Waals surface area contributed by atoms with Gasteiger partial charge in [0.25, 0.3) is 0 Å². The maximum Gasteiger partial charge on any atom is 0.244 e. The topological polar surface area (TPSA) is 54.6 Å². The molecule has 2 aliphatic rings. The van der Waals surface area contributed by atoms with Gasteiger partial charge in [-0.2, -0.15) is 5.10 Å². The second-order valence-corrected chi connectivity index (χ2v) is 5.59. The summed E-state index contributed by atoms with van der Waals surface area (Å²) in [4.78, 5) is 12.0. The lowest BCUT2D eigenvalue weighted by molar-refractivity contribution is -0.123. The molecule has 1 N–H and O–H groups in total. The van der Waals surface area contributed by atoms with Crippen LogP contribution in [-0.4, -0.2) is 12.1 Å². The molecule has 0 radical (unpaired) electrons. The van der Waals surface area contributed by atoms with Crippen molar-refractivity contribution in [1.29, 1.82) is 0 Å². The van der Waals surface area contributed by atoms with Crippen molar-refractivity contribution >= 4 is 12.1 Å². The number of rotatable bonds is 3. The van der Waals surface area contributed by atoms with Crippen LogP contribution in [0.1, 0.15) is 38.4 Å². The summed E-state index contributed by atoms with van der Waals surface area (Å²) >= 11 is 0. The van der Waals surface area contributed by atoms with E-state index >= 15 is 0 Å². The van der Waals surface area contributed by atoms with Crippen molar-refractivity contribution < 1.29 is 9.21 Å². The Balaban J connectivity index is 1.57. The maximum atomic E-state index is 12.0. The first kappa shape index (κ1) is 11.5. The normalized spacial score (nSPS) is 34.3. The van der Waals surface area contributed by atoms with E-state index in [1.807, 2.05) is 0 Å². The first-order valence-corrected chi connectivity index (χ1v) is 6.58. The predicted octanol–water partition coefficient (Wildman–Crippen LogP) is 2.56. The van der Waals surface area contributed by atoms with Crippen LogP contribution < -0.4 is 5.43 Å². The third-order valence-corrected chi connectivity index (χ3v) is 4.52. The molecule has 0 spiro atoms. The second-order valence-electron chi connectivity index (χ2n) is 5.59. The molecule has 0 bridgehead atoms. The Morgan fingerprint density at radius 2 is 2.50 bits per heavy atom. The third-order valence-electron chi connectivity index (χ3n) is 4.52. The van der Waals surface area contributed by atoms with Crippen LogP contribution in [0.15, 0.2) is 27.9 Å². The largest absolute Gasteiger partial charge is 0.463 e. The summed E-state index contributed by atoms with van der Waals surface area (Å²) in [6.45, 7) is 2.23. The van der Waals surface area contributed by atoms with Gasteiger partial charge in [-0.15, -0.1) is 0 Å². The van der Waals surface area contributed by atoms with E-state index in [0.717, 1.165) is 0 Å². The molecule has 3 rings (SSSR count). The van der Waals surface area contributed by atoms with Gasteiger partial charge < -0.3 is 4.42 Å². The minimum absolute atomic E-state index is 0.0622. The van der Waals surface area contributed by atoms with Crippen molar-refractivity contribution in [2.45, 2.75) is 32.6 Å². The van der Waals surface area contributed by atoms with E-state index in [9.17, 15) is 4.79 Å². The fourth-order valence-electron chi connectivity index (χ4n) is 3.44. The molecule has 1 aromatic rings. The minimum Gasteiger partial charge on any atom is -0.463 e. The van der Waals surface area contributed by atoms with Crippen molar-refractivity contribution in [1.82, 2.24) is 5.43 Å². The molecule has 2 saturated carbocycles. The molecule has 2 aliphatic carbocycles. The molecule has 2 fully saturated rings. The zero-order valence-electron chi connectivity index (χ0n) is 10.6. The molecule has 3 atom stereocenters. The number of hydrogen-bond acceptors (Lipinski definition) is 3. The summed E-state index contributed by atoms with van der Waals surface area (Å²) in [5, 5.41) is 3.95. The van der Waals surface area contributed by atoms with Crippen LogP contribution in [0.25, 0.3) is 0 Å². The Morgan fingerprint density at radius 1 is 1.61 bits per heavy atom. The summed E-state index contributed by atoms with van der Waals surface area (Å²) in [7, 11) is 0. The molecule has 4 heteroatoms. The number of amides is 1.